The van der Waals surface area contributed by atoms with Crippen LogP contribution in [0.25, 0.3) is 0 Å². The molecule has 7 nitrogen and oxygen atoms in total. The molecular weight excluding hydrogens is 348 g/mol. The molecular formula is C17H24O7S. The third-order valence-electron chi connectivity index (χ3n) is 6.48. The van der Waals surface area contributed by atoms with E-state index in [0.29, 0.717) is 31.6 Å². The molecule has 25 heavy (non-hydrogen) atoms. The van der Waals surface area contributed by atoms with Gasteiger partial charge in [-0.3, -0.25) is 14.1 Å². The van der Waals surface area contributed by atoms with Gasteiger partial charge in [-0.15, -0.1) is 0 Å². The predicted molar refractivity (Wildman–Crippen MR) is 86.0 cm³/mol. The SMILES string of the molecule is O=C1OC2CC3CC1C[C@@H](C3)C2OC(=O)C1CCCCC1S(=O)(=O)O. The summed E-state index contributed by atoms with van der Waals surface area (Å²) in [5.74, 6) is -1.16. The van der Waals surface area contributed by atoms with E-state index in [1.54, 1.807) is 0 Å². The quantitative estimate of drug-likeness (QED) is 0.593. The first kappa shape index (κ1) is 17.3. The van der Waals surface area contributed by atoms with Crippen molar-refractivity contribution in [1.29, 1.82) is 0 Å². The molecule has 140 valence electrons. The van der Waals surface area contributed by atoms with Gasteiger partial charge in [0.15, 0.2) is 0 Å². The van der Waals surface area contributed by atoms with Gasteiger partial charge in [0.05, 0.1) is 17.1 Å². The van der Waals surface area contributed by atoms with Gasteiger partial charge >= 0.3 is 11.9 Å². The summed E-state index contributed by atoms with van der Waals surface area (Å²) in [6.07, 6.45) is 4.35. The fourth-order valence-corrected chi connectivity index (χ4v) is 6.51. The van der Waals surface area contributed by atoms with Crippen LogP contribution in [0.2, 0.25) is 0 Å². The van der Waals surface area contributed by atoms with Gasteiger partial charge in [-0.2, -0.15) is 8.42 Å². The monoisotopic (exact) mass is 372 g/mol. The summed E-state index contributed by atoms with van der Waals surface area (Å²) in [5.41, 5.74) is 0. The topological polar surface area (TPSA) is 107 Å². The number of esters is 2. The van der Waals surface area contributed by atoms with Crippen LogP contribution >= 0.6 is 0 Å². The van der Waals surface area contributed by atoms with Crippen molar-refractivity contribution in [1.82, 2.24) is 0 Å². The molecule has 0 aromatic rings. The van der Waals surface area contributed by atoms with Crippen LogP contribution in [0.15, 0.2) is 0 Å². The zero-order valence-corrected chi connectivity index (χ0v) is 14.8. The van der Waals surface area contributed by atoms with Gasteiger partial charge in [-0.1, -0.05) is 12.8 Å². The van der Waals surface area contributed by atoms with Crippen molar-refractivity contribution in [2.75, 3.05) is 0 Å². The Morgan fingerprint density at radius 2 is 1.88 bits per heavy atom. The number of fused-ring (bicyclic) bond motifs is 1. The zero-order valence-electron chi connectivity index (χ0n) is 14.0. The molecule has 0 spiro atoms. The lowest BCUT2D eigenvalue weighted by Gasteiger charge is -2.42. The Balaban J connectivity index is 1.51. The summed E-state index contributed by atoms with van der Waals surface area (Å²) < 4.78 is 43.9. The van der Waals surface area contributed by atoms with Crippen molar-refractivity contribution in [3.63, 3.8) is 0 Å². The van der Waals surface area contributed by atoms with Crippen LogP contribution < -0.4 is 0 Å². The third-order valence-corrected chi connectivity index (χ3v) is 7.81. The fourth-order valence-electron chi connectivity index (χ4n) is 5.38. The van der Waals surface area contributed by atoms with Crippen molar-refractivity contribution in [2.45, 2.75) is 68.8 Å². The number of carbonyl (C=O) groups excluding carboxylic acids is 2. The molecule has 0 radical (unpaired) electrons. The molecule has 0 amide bonds. The van der Waals surface area contributed by atoms with Gasteiger partial charge in [-0.05, 0) is 44.4 Å². The highest BCUT2D eigenvalue weighted by molar-refractivity contribution is 7.86. The van der Waals surface area contributed by atoms with Gasteiger partial charge in [0, 0.05) is 5.92 Å². The maximum Gasteiger partial charge on any atom is 0.310 e. The predicted octanol–water partition coefficient (Wildman–Crippen LogP) is 1.71. The van der Waals surface area contributed by atoms with Crippen molar-refractivity contribution in [2.24, 2.45) is 23.7 Å². The average Bonchev–Trinajstić information content (AvgIpc) is 2.72. The van der Waals surface area contributed by atoms with E-state index in [1.807, 2.05) is 0 Å². The second-order valence-electron chi connectivity index (χ2n) is 8.09. The van der Waals surface area contributed by atoms with E-state index in [2.05, 4.69) is 0 Å². The van der Waals surface area contributed by atoms with E-state index in [9.17, 15) is 22.6 Å². The summed E-state index contributed by atoms with van der Waals surface area (Å²) in [6.45, 7) is 0. The van der Waals surface area contributed by atoms with E-state index in [1.165, 1.54) is 0 Å². The molecule has 5 fully saturated rings. The molecule has 7 atom stereocenters. The molecule has 0 aromatic carbocycles. The Labute approximate surface area is 147 Å². The summed E-state index contributed by atoms with van der Waals surface area (Å²) in [7, 11) is -4.28. The van der Waals surface area contributed by atoms with Gasteiger partial charge in [0.1, 0.15) is 12.2 Å². The number of rotatable bonds is 3. The van der Waals surface area contributed by atoms with Crippen LogP contribution in [0.3, 0.4) is 0 Å². The summed E-state index contributed by atoms with van der Waals surface area (Å²) in [4.78, 5) is 24.8. The summed E-state index contributed by atoms with van der Waals surface area (Å²) in [5, 5.41) is -1.09. The average molecular weight is 372 g/mol. The maximum absolute atomic E-state index is 12.7. The molecule has 8 heteroatoms. The van der Waals surface area contributed by atoms with Crippen LogP contribution in [0.4, 0.5) is 0 Å². The first-order valence-electron chi connectivity index (χ1n) is 9.20. The molecule has 1 N–H and O–H groups in total. The van der Waals surface area contributed by atoms with Crippen molar-refractivity contribution < 1.29 is 32.0 Å². The first-order valence-corrected chi connectivity index (χ1v) is 10.7. The van der Waals surface area contributed by atoms with E-state index < -0.39 is 39.5 Å². The minimum atomic E-state index is -4.28. The molecule has 0 aromatic heterocycles. The van der Waals surface area contributed by atoms with Crippen LogP contribution in [0.1, 0.15) is 51.4 Å². The highest BCUT2D eigenvalue weighted by Gasteiger charge is 2.52. The molecule has 2 aliphatic heterocycles. The molecule has 5 aliphatic rings. The van der Waals surface area contributed by atoms with Crippen molar-refractivity contribution >= 4 is 22.1 Å². The smallest absolute Gasteiger partial charge is 0.310 e. The Morgan fingerprint density at radius 1 is 1.12 bits per heavy atom. The molecule has 2 saturated heterocycles. The van der Waals surface area contributed by atoms with Gasteiger partial charge in [-0.25, -0.2) is 0 Å². The molecule has 3 aliphatic carbocycles. The standard InChI is InChI=1S/C17H24O7S/c18-16-11-6-9-5-10(8-11)15(13(7-9)23-16)24-17(19)12-3-1-2-4-14(12)25(20,21)22/h9-15H,1-8H2,(H,20,21,22)/t9?,10-,11?,12?,13?,14?,15?/m1/s1. The summed E-state index contributed by atoms with van der Waals surface area (Å²) in [6, 6.07) is 0. The van der Waals surface area contributed by atoms with E-state index in [-0.39, 0.29) is 24.2 Å². The Bertz CT molecular complexity index is 672. The molecule has 2 heterocycles. The van der Waals surface area contributed by atoms with Crippen LogP contribution in [0.5, 0.6) is 0 Å². The number of hydrogen-bond donors (Lipinski definition) is 1. The van der Waals surface area contributed by atoms with E-state index in [4.69, 9.17) is 9.47 Å². The van der Waals surface area contributed by atoms with Gasteiger partial charge in [0.25, 0.3) is 10.1 Å². The van der Waals surface area contributed by atoms with Crippen molar-refractivity contribution in [3.05, 3.63) is 0 Å². The Kier molecular flexibility index (Phi) is 4.30. The van der Waals surface area contributed by atoms with Crippen LogP contribution in [-0.2, 0) is 29.2 Å². The molecule has 3 saturated carbocycles. The minimum Gasteiger partial charge on any atom is -0.458 e. The van der Waals surface area contributed by atoms with Gasteiger partial charge in [0.2, 0.25) is 0 Å². The maximum atomic E-state index is 12.7. The molecule has 6 unspecified atom stereocenters. The largest absolute Gasteiger partial charge is 0.458 e. The zero-order chi connectivity index (χ0) is 17.8. The second-order valence-corrected chi connectivity index (χ2v) is 9.72. The van der Waals surface area contributed by atoms with E-state index >= 15 is 0 Å². The first-order chi connectivity index (χ1) is 11.8. The molecule has 4 bridgehead atoms. The normalized spacial score (nSPS) is 43.4. The lowest BCUT2D eigenvalue weighted by molar-refractivity contribution is -0.176. The highest BCUT2D eigenvalue weighted by Crippen LogP contribution is 2.48. The van der Waals surface area contributed by atoms with Crippen LogP contribution in [0, 0.1) is 23.7 Å². The Morgan fingerprint density at radius 3 is 2.64 bits per heavy atom. The molecule has 5 rings (SSSR count). The highest BCUT2D eigenvalue weighted by atomic mass is 32.2. The Hall–Kier alpha value is -1.15. The number of ether oxygens (including phenoxy) is 2. The number of hydrogen-bond acceptors (Lipinski definition) is 6. The fraction of sp³-hybridized carbons (Fsp3) is 0.882. The second kappa shape index (κ2) is 6.23. The lowest BCUT2D eigenvalue weighted by atomic mass is 9.67. The van der Waals surface area contributed by atoms with Crippen molar-refractivity contribution in [3.8, 4) is 0 Å². The lowest BCUT2D eigenvalue weighted by Crippen LogP contribution is -2.47. The number of carbonyl (C=O) groups is 2. The van der Waals surface area contributed by atoms with Crippen LogP contribution in [-0.4, -0.2) is 42.4 Å². The van der Waals surface area contributed by atoms with Gasteiger partial charge < -0.3 is 9.47 Å². The van der Waals surface area contributed by atoms with E-state index in [0.717, 1.165) is 19.3 Å². The summed E-state index contributed by atoms with van der Waals surface area (Å²) >= 11 is 0. The third kappa shape index (κ3) is 3.18. The minimum absolute atomic E-state index is 0.0994.